The number of hydrogen-bond acceptors (Lipinski definition) is 5. The van der Waals surface area contributed by atoms with Gasteiger partial charge >= 0.3 is 6.03 Å². The molecule has 7 heteroatoms. The van der Waals surface area contributed by atoms with Crippen molar-refractivity contribution in [1.82, 2.24) is 20.2 Å². The predicted molar refractivity (Wildman–Crippen MR) is 119 cm³/mol. The lowest BCUT2D eigenvalue weighted by Gasteiger charge is -2.37. The van der Waals surface area contributed by atoms with E-state index >= 15 is 0 Å². The molecule has 0 spiro atoms. The second kappa shape index (κ2) is 8.90. The van der Waals surface area contributed by atoms with Gasteiger partial charge in [-0.3, -0.25) is 0 Å². The summed E-state index contributed by atoms with van der Waals surface area (Å²) in [5.74, 6) is 2.60. The Kier molecular flexibility index (Phi) is 6.48. The van der Waals surface area contributed by atoms with Gasteiger partial charge in [0.2, 0.25) is 0 Å². The van der Waals surface area contributed by atoms with Crippen molar-refractivity contribution in [2.24, 2.45) is 0 Å². The van der Waals surface area contributed by atoms with Crippen LogP contribution in [-0.2, 0) is 6.42 Å². The molecule has 0 atom stereocenters. The molecule has 1 aromatic carbocycles. The molecule has 0 saturated carbocycles. The lowest BCUT2D eigenvalue weighted by molar-refractivity contribution is 0.185. The first-order valence-corrected chi connectivity index (χ1v) is 10.5. The molecule has 1 aliphatic heterocycles. The van der Waals surface area contributed by atoms with E-state index in [4.69, 9.17) is 9.72 Å². The second-order valence-corrected chi connectivity index (χ2v) is 8.84. The molecule has 0 radical (unpaired) electrons. The summed E-state index contributed by atoms with van der Waals surface area (Å²) in [5.41, 5.74) is 3.09. The molecule has 3 rings (SSSR count). The van der Waals surface area contributed by atoms with Crippen molar-refractivity contribution >= 4 is 11.8 Å². The van der Waals surface area contributed by atoms with Crippen molar-refractivity contribution in [1.29, 1.82) is 0 Å². The Morgan fingerprint density at radius 3 is 2.27 bits per heavy atom. The fraction of sp³-hybridized carbons (Fsp3) is 0.522. The number of aryl methyl sites for hydroxylation is 2. The zero-order chi connectivity index (χ0) is 21.9. The Morgan fingerprint density at radius 2 is 1.70 bits per heavy atom. The molecule has 2 aromatic rings. The number of piperazine rings is 1. The topological polar surface area (TPSA) is 70.6 Å². The van der Waals surface area contributed by atoms with Gasteiger partial charge in [0.05, 0.1) is 7.11 Å². The Balaban J connectivity index is 1.76. The number of benzene rings is 1. The fourth-order valence-corrected chi connectivity index (χ4v) is 3.65. The number of rotatable bonds is 4. The number of nitrogens with one attached hydrogen (secondary N) is 1. The Hall–Kier alpha value is -2.83. The maximum Gasteiger partial charge on any atom is 0.317 e. The first-order chi connectivity index (χ1) is 14.2. The van der Waals surface area contributed by atoms with Crippen LogP contribution in [0.2, 0.25) is 0 Å². The van der Waals surface area contributed by atoms with E-state index in [1.54, 1.807) is 7.11 Å². The van der Waals surface area contributed by atoms with Crippen molar-refractivity contribution in [2.45, 2.75) is 46.6 Å². The zero-order valence-corrected chi connectivity index (χ0v) is 19.0. The summed E-state index contributed by atoms with van der Waals surface area (Å²) >= 11 is 0. The standard InChI is InChI=1S/C23H33N5O2/c1-16-20(15-18-7-9-19(30-6)10-8-18)21(25-17(2)24-16)27-11-13-28(14-12-27)22(29)26-23(3,4)5/h7-10H,11-15H2,1-6H3,(H,26,29). The van der Waals surface area contributed by atoms with Gasteiger partial charge in [-0.25, -0.2) is 14.8 Å². The second-order valence-electron chi connectivity index (χ2n) is 8.84. The van der Waals surface area contributed by atoms with Gasteiger partial charge in [-0.15, -0.1) is 0 Å². The number of ether oxygens (including phenoxy) is 1. The SMILES string of the molecule is COc1ccc(Cc2c(C)nc(C)nc2N2CCN(C(=O)NC(C)(C)C)CC2)cc1. The summed E-state index contributed by atoms with van der Waals surface area (Å²) in [6.07, 6.45) is 0.760. The summed E-state index contributed by atoms with van der Waals surface area (Å²) in [6, 6.07) is 8.11. The van der Waals surface area contributed by atoms with E-state index in [1.165, 1.54) is 5.56 Å². The highest BCUT2D eigenvalue weighted by Crippen LogP contribution is 2.26. The highest BCUT2D eigenvalue weighted by atomic mass is 16.5. The van der Waals surface area contributed by atoms with Gasteiger partial charge in [0, 0.05) is 49.4 Å². The Labute approximate surface area is 179 Å². The number of aromatic nitrogens is 2. The average Bonchev–Trinajstić information content (AvgIpc) is 2.69. The van der Waals surface area contributed by atoms with Crippen LogP contribution >= 0.6 is 0 Å². The van der Waals surface area contributed by atoms with Crippen molar-refractivity contribution in [2.75, 3.05) is 38.2 Å². The molecule has 1 aliphatic rings. The first-order valence-electron chi connectivity index (χ1n) is 10.5. The zero-order valence-electron chi connectivity index (χ0n) is 19.0. The molecule has 1 aromatic heterocycles. The fourth-order valence-electron chi connectivity index (χ4n) is 3.65. The Morgan fingerprint density at radius 1 is 1.07 bits per heavy atom. The third-order valence-corrected chi connectivity index (χ3v) is 5.19. The number of nitrogens with zero attached hydrogens (tertiary/aromatic N) is 4. The van der Waals surface area contributed by atoms with Crippen LogP contribution in [0.25, 0.3) is 0 Å². The quantitative estimate of drug-likeness (QED) is 0.836. The molecule has 30 heavy (non-hydrogen) atoms. The van der Waals surface area contributed by atoms with Gasteiger partial charge in [-0.1, -0.05) is 12.1 Å². The minimum absolute atomic E-state index is 0.00402. The van der Waals surface area contributed by atoms with Crippen LogP contribution < -0.4 is 15.0 Å². The van der Waals surface area contributed by atoms with E-state index in [0.29, 0.717) is 13.1 Å². The first kappa shape index (κ1) is 21.9. The van der Waals surface area contributed by atoms with E-state index in [9.17, 15) is 4.79 Å². The van der Waals surface area contributed by atoms with Gasteiger partial charge in [0.25, 0.3) is 0 Å². The van der Waals surface area contributed by atoms with Gasteiger partial charge in [0.15, 0.2) is 0 Å². The predicted octanol–water partition coefficient (Wildman–Crippen LogP) is 3.32. The molecular weight excluding hydrogens is 378 g/mol. The highest BCUT2D eigenvalue weighted by molar-refractivity contribution is 5.75. The largest absolute Gasteiger partial charge is 0.497 e. The smallest absolute Gasteiger partial charge is 0.317 e. The van der Waals surface area contributed by atoms with Crippen LogP contribution in [0.15, 0.2) is 24.3 Å². The summed E-state index contributed by atoms with van der Waals surface area (Å²) in [7, 11) is 1.67. The highest BCUT2D eigenvalue weighted by Gasteiger charge is 2.26. The molecule has 1 saturated heterocycles. The molecule has 2 heterocycles. The maximum atomic E-state index is 12.5. The van der Waals surface area contributed by atoms with Gasteiger partial charge in [-0.05, 0) is 52.3 Å². The molecule has 0 unspecified atom stereocenters. The minimum atomic E-state index is -0.235. The number of carbonyl (C=O) groups excluding carboxylic acids is 1. The van der Waals surface area contributed by atoms with Gasteiger partial charge in [-0.2, -0.15) is 0 Å². The van der Waals surface area contributed by atoms with Gasteiger partial charge < -0.3 is 19.9 Å². The van der Waals surface area contributed by atoms with E-state index < -0.39 is 0 Å². The normalized spacial score (nSPS) is 14.6. The maximum absolute atomic E-state index is 12.5. The number of hydrogen-bond donors (Lipinski definition) is 1. The van der Waals surface area contributed by atoms with Crippen LogP contribution in [-0.4, -0.2) is 59.7 Å². The third-order valence-electron chi connectivity index (χ3n) is 5.19. The molecule has 162 valence electrons. The van der Waals surface area contributed by atoms with Crippen molar-refractivity contribution in [3.63, 3.8) is 0 Å². The summed E-state index contributed by atoms with van der Waals surface area (Å²) in [6.45, 7) is 12.8. The van der Waals surface area contributed by atoms with E-state index in [1.807, 2.05) is 51.7 Å². The molecule has 1 N–H and O–H groups in total. The Bertz CT molecular complexity index is 882. The van der Waals surface area contributed by atoms with Gasteiger partial charge in [0.1, 0.15) is 17.4 Å². The summed E-state index contributed by atoms with van der Waals surface area (Å²) in [4.78, 5) is 26.0. The van der Waals surface area contributed by atoms with Crippen molar-refractivity contribution in [3.05, 3.63) is 46.9 Å². The van der Waals surface area contributed by atoms with Crippen LogP contribution in [0.4, 0.5) is 10.6 Å². The van der Waals surface area contributed by atoms with Crippen LogP contribution in [0.5, 0.6) is 5.75 Å². The van der Waals surface area contributed by atoms with Crippen molar-refractivity contribution in [3.8, 4) is 5.75 Å². The van der Waals surface area contributed by atoms with Crippen molar-refractivity contribution < 1.29 is 9.53 Å². The molecule has 0 bridgehead atoms. The number of anilines is 1. The summed E-state index contributed by atoms with van der Waals surface area (Å²) < 4.78 is 5.27. The molecule has 1 fully saturated rings. The van der Waals surface area contributed by atoms with E-state index in [0.717, 1.165) is 48.2 Å². The molecule has 2 amide bonds. The third kappa shape index (κ3) is 5.40. The molecule has 0 aliphatic carbocycles. The molecular formula is C23H33N5O2. The number of methoxy groups -OCH3 is 1. The lowest BCUT2D eigenvalue weighted by atomic mass is 10.0. The number of urea groups is 1. The number of carbonyl (C=O) groups is 1. The van der Waals surface area contributed by atoms with Crippen LogP contribution in [0.1, 0.15) is 43.4 Å². The van der Waals surface area contributed by atoms with Crippen LogP contribution in [0.3, 0.4) is 0 Å². The van der Waals surface area contributed by atoms with Crippen LogP contribution in [0, 0.1) is 13.8 Å². The molecule has 7 nitrogen and oxygen atoms in total. The van der Waals surface area contributed by atoms with E-state index in [-0.39, 0.29) is 11.6 Å². The monoisotopic (exact) mass is 411 g/mol. The summed E-state index contributed by atoms with van der Waals surface area (Å²) in [5, 5.41) is 3.05. The lowest BCUT2D eigenvalue weighted by Crippen LogP contribution is -2.55. The minimum Gasteiger partial charge on any atom is -0.497 e. The number of amides is 2. The van der Waals surface area contributed by atoms with E-state index in [2.05, 4.69) is 27.3 Å². The average molecular weight is 412 g/mol.